The number of benzene rings is 1. The van der Waals surface area contributed by atoms with Crippen molar-refractivity contribution in [2.75, 3.05) is 18.6 Å². The second-order valence-corrected chi connectivity index (χ2v) is 7.39. The maximum atomic E-state index is 12.0. The number of halogens is 1. The van der Waals surface area contributed by atoms with Gasteiger partial charge in [0.1, 0.15) is 11.0 Å². The van der Waals surface area contributed by atoms with Gasteiger partial charge < -0.3 is 9.64 Å². The van der Waals surface area contributed by atoms with Crippen LogP contribution in [0.4, 0.5) is 5.69 Å². The molecule has 0 N–H and O–H groups in total. The number of aryl methyl sites for hydroxylation is 1. The number of nitrogens with zero attached hydrogens (tertiary/aromatic N) is 1. The molecule has 1 aromatic rings. The average molecular weight is 304 g/mol. The summed E-state index contributed by atoms with van der Waals surface area (Å²) in [4.78, 5) is 13.4. The summed E-state index contributed by atoms with van der Waals surface area (Å²) in [7, 11) is 3.09. The molecule has 0 radical (unpaired) electrons. The third-order valence-electron chi connectivity index (χ3n) is 3.11. The van der Waals surface area contributed by atoms with Gasteiger partial charge in [-0.3, -0.25) is 4.79 Å². The summed E-state index contributed by atoms with van der Waals surface area (Å²) < 4.78 is 27.9. The van der Waals surface area contributed by atoms with Crippen molar-refractivity contribution in [3.8, 4) is 5.75 Å². The Bertz CT molecular complexity index is 614. The van der Waals surface area contributed by atoms with Gasteiger partial charge in [-0.25, -0.2) is 8.42 Å². The van der Waals surface area contributed by atoms with Gasteiger partial charge in [0.05, 0.1) is 12.8 Å². The van der Waals surface area contributed by atoms with E-state index in [2.05, 4.69) is 0 Å². The second kappa shape index (κ2) is 5.02. The average Bonchev–Trinajstić information content (AvgIpc) is 2.71. The number of rotatable bonds is 3. The van der Waals surface area contributed by atoms with Gasteiger partial charge in [-0.1, -0.05) is 6.07 Å². The van der Waals surface area contributed by atoms with E-state index < -0.39 is 14.3 Å². The fourth-order valence-corrected chi connectivity index (χ4v) is 3.13. The number of methoxy groups -OCH3 is 1. The zero-order chi connectivity index (χ0) is 14.2. The minimum Gasteiger partial charge on any atom is -0.495 e. The van der Waals surface area contributed by atoms with E-state index in [9.17, 15) is 13.2 Å². The van der Waals surface area contributed by atoms with Crippen molar-refractivity contribution >= 4 is 31.3 Å². The predicted molar refractivity (Wildman–Crippen MR) is 73.3 cm³/mol. The number of amides is 1. The van der Waals surface area contributed by atoms with E-state index in [0.717, 1.165) is 5.56 Å². The van der Waals surface area contributed by atoms with Crippen LogP contribution in [0.15, 0.2) is 18.2 Å². The third-order valence-corrected chi connectivity index (χ3v) is 4.98. The van der Waals surface area contributed by atoms with Gasteiger partial charge >= 0.3 is 0 Å². The number of anilines is 1. The molecule has 0 spiro atoms. The molecule has 1 aromatic carbocycles. The second-order valence-electron chi connectivity index (χ2n) is 4.48. The van der Waals surface area contributed by atoms with Crippen LogP contribution in [0.25, 0.3) is 0 Å². The molecule has 1 saturated heterocycles. The number of hydrogen-bond donors (Lipinski definition) is 0. The highest BCUT2D eigenvalue weighted by atomic mass is 35.7. The normalized spacial score (nSPS) is 19.8. The van der Waals surface area contributed by atoms with Gasteiger partial charge in [-0.05, 0) is 24.6 Å². The maximum Gasteiger partial charge on any atom is 0.237 e. The molecule has 0 aliphatic carbocycles. The Kier molecular flexibility index (Phi) is 3.73. The molecule has 1 heterocycles. The fraction of sp³-hybridized carbons (Fsp3) is 0.417. The molecule has 19 heavy (non-hydrogen) atoms. The molecule has 0 bridgehead atoms. The molecule has 1 fully saturated rings. The molecular weight excluding hydrogens is 290 g/mol. The zero-order valence-corrected chi connectivity index (χ0v) is 12.2. The first-order valence-corrected chi connectivity index (χ1v) is 8.08. The van der Waals surface area contributed by atoms with Crippen LogP contribution < -0.4 is 9.64 Å². The molecule has 0 saturated carbocycles. The van der Waals surface area contributed by atoms with Crippen LogP contribution in [0.1, 0.15) is 12.0 Å². The highest BCUT2D eigenvalue weighted by Gasteiger charge is 2.38. The quantitative estimate of drug-likeness (QED) is 0.797. The summed E-state index contributed by atoms with van der Waals surface area (Å²) in [5.41, 5.74) is 1.54. The lowest BCUT2D eigenvalue weighted by Gasteiger charge is -2.19. The van der Waals surface area contributed by atoms with Crippen LogP contribution in [-0.4, -0.2) is 33.2 Å². The zero-order valence-electron chi connectivity index (χ0n) is 10.6. The van der Waals surface area contributed by atoms with Crippen molar-refractivity contribution in [1.82, 2.24) is 0 Å². The van der Waals surface area contributed by atoms with Gasteiger partial charge in [0, 0.05) is 23.6 Å². The number of carbonyl (C=O) groups excluding carboxylic acids is 1. The van der Waals surface area contributed by atoms with E-state index >= 15 is 0 Å². The molecule has 104 valence electrons. The number of ether oxygens (including phenoxy) is 1. The van der Waals surface area contributed by atoms with E-state index in [-0.39, 0.29) is 18.9 Å². The Morgan fingerprint density at radius 2 is 2.11 bits per heavy atom. The van der Waals surface area contributed by atoms with E-state index in [4.69, 9.17) is 15.4 Å². The van der Waals surface area contributed by atoms with Crippen LogP contribution in [0, 0.1) is 6.92 Å². The molecule has 1 aliphatic heterocycles. The summed E-state index contributed by atoms with van der Waals surface area (Å²) in [6, 6.07) is 5.40. The number of hydrogen-bond acceptors (Lipinski definition) is 4. The molecule has 5 nitrogen and oxygen atoms in total. The lowest BCUT2D eigenvalue weighted by molar-refractivity contribution is -0.117. The van der Waals surface area contributed by atoms with E-state index in [1.54, 1.807) is 12.1 Å². The van der Waals surface area contributed by atoms with E-state index in [0.29, 0.717) is 11.4 Å². The minimum atomic E-state index is -3.74. The minimum absolute atomic E-state index is 0.0600. The summed E-state index contributed by atoms with van der Waals surface area (Å²) in [5.74, 6) is 0.268. The van der Waals surface area contributed by atoms with E-state index in [1.807, 2.05) is 13.0 Å². The first-order chi connectivity index (χ1) is 8.82. The van der Waals surface area contributed by atoms with Crippen molar-refractivity contribution in [3.05, 3.63) is 23.8 Å². The van der Waals surface area contributed by atoms with Crippen LogP contribution in [0.5, 0.6) is 5.75 Å². The van der Waals surface area contributed by atoms with Crippen molar-refractivity contribution in [3.63, 3.8) is 0 Å². The highest BCUT2D eigenvalue weighted by molar-refractivity contribution is 8.14. The Morgan fingerprint density at radius 1 is 1.42 bits per heavy atom. The topological polar surface area (TPSA) is 63.7 Å². The number of carbonyl (C=O) groups is 1. The summed E-state index contributed by atoms with van der Waals surface area (Å²) >= 11 is 0. The first kappa shape index (κ1) is 14.1. The predicted octanol–water partition coefficient (Wildman–Crippen LogP) is 1.68. The molecule has 1 atom stereocenters. The summed E-state index contributed by atoms with van der Waals surface area (Å²) in [6.07, 6.45) is -0.0943. The van der Waals surface area contributed by atoms with E-state index in [1.165, 1.54) is 12.0 Å². The lowest BCUT2D eigenvalue weighted by Crippen LogP contribution is -2.27. The SMILES string of the molecule is COc1ccc(C)cc1N1CC(S(=O)(=O)Cl)CC1=O. The van der Waals surface area contributed by atoms with Gasteiger partial charge in [0.15, 0.2) is 0 Å². The summed E-state index contributed by atoms with van der Waals surface area (Å²) in [5, 5.41) is -0.869. The van der Waals surface area contributed by atoms with Crippen molar-refractivity contribution in [2.45, 2.75) is 18.6 Å². The third kappa shape index (κ3) is 2.84. The Hall–Kier alpha value is -1.27. The van der Waals surface area contributed by atoms with Gasteiger partial charge in [-0.15, -0.1) is 0 Å². The van der Waals surface area contributed by atoms with Crippen LogP contribution >= 0.6 is 10.7 Å². The highest BCUT2D eigenvalue weighted by Crippen LogP contribution is 2.34. The standard InChI is InChI=1S/C12H14ClNO4S/c1-8-3-4-11(18-2)10(5-8)14-7-9(6-12(14)15)19(13,16)17/h3-5,9H,6-7H2,1-2H3. The van der Waals surface area contributed by atoms with Crippen molar-refractivity contribution in [1.29, 1.82) is 0 Å². The molecule has 7 heteroatoms. The molecule has 1 aliphatic rings. The first-order valence-electron chi connectivity index (χ1n) is 5.71. The van der Waals surface area contributed by atoms with Gasteiger partial charge in [0.25, 0.3) is 0 Å². The Morgan fingerprint density at radius 3 is 2.63 bits per heavy atom. The molecular formula is C12H14ClNO4S. The molecule has 1 unspecified atom stereocenters. The van der Waals surface area contributed by atoms with Crippen LogP contribution in [0.2, 0.25) is 0 Å². The van der Waals surface area contributed by atoms with Crippen LogP contribution in [0.3, 0.4) is 0 Å². The van der Waals surface area contributed by atoms with Gasteiger partial charge in [-0.2, -0.15) is 0 Å². The Balaban J connectivity index is 2.38. The Labute approximate surface area is 116 Å². The molecule has 1 amide bonds. The van der Waals surface area contributed by atoms with Crippen LogP contribution in [-0.2, 0) is 13.8 Å². The fourth-order valence-electron chi connectivity index (χ4n) is 2.11. The van der Waals surface area contributed by atoms with Crippen molar-refractivity contribution < 1.29 is 17.9 Å². The maximum absolute atomic E-state index is 12.0. The smallest absolute Gasteiger partial charge is 0.237 e. The summed E-state index contributed by atoms with van der Waals surface area (Å²) in [6.45, 7) is 1.95. The monoisotopic (exact) mass is 303 g/mol. The lowest BCUT2D eigenvalue weighted by atomic mass is 10.2. The molecule has 0 aromatic heterocycles. The molecule has 2 rings (SSSR count). The van der Waals surface area contributed by atoms with Crippen molar-refractivity contribution in [2.24, 2.45) is 0 Å². The largest absolute Gasteiger partial charge is 0.495 e. The van der Waals surface area contributed by atoms with Gasteiger partial charge in [0.2, 0.25) is 15.0 Å².